The highest BCUT2D eigenvalue weighted by atomic mass is 35.5. The van der Waals surface area contributed by atoms with Gasteiger partial charge in [-0.25, -0.2) is 0 Å². The lowest BCUT2D eigenvalue weighted by molar-refractivity contribution is -0.131. The van der Waals surface area contributed by atoms with Crippen LogP contribution in [0.5, 0.6) is 17.2 Å². The maximum Gasteiger partial charge on any atom is 0.290 e. The number of ketones is 1. The molecule has 9 nitrogen and oxygen atoms in total. The van der Waals surface area contributed by atoms with Gasteiger partial charge < -0.3 is 33.7 Å². The van der Waals surface area contributed by atoms with Crippen molar-refractivity contribution in [3.8, 4) is 17.2 Å². The summed E-state index contributed by atoms with van der Waals surface area (Å²) in [6.07, 6.45) is 1.37. The van der Waals surface area contributed by atoms with Crippen molar-refractivity contribution < 1.29 is 38.4 Å². The Kier molecular flexibility index (Phi) is 6.27. The number of Topliss-reactive ketones (excluding diaryl/α,β-unsaturated/α-hetero) is 1. The van der Waals surface area contributed by atoms with E-state index in [0.29, 0.717) is 33.9 Å². The van der Waals surface area contributed by atoms with Crippen molar-refractivity contribution in [1.82, 2.24) is 4.90 Å². The van der Waals surface area contributed by atoms with Gasteiger partial charge in [0.25, 0.3) is 5.91 Å². The van der Waals surface area contributed by atoms with Crippen LogP contribution in [0.15, 0.2) is 52.1 Å². The number of aliphatic hydroxyl groups excluding tert-OH is 1. The molecule has 3 heterocycles. The van der Waals surface area contributed by atoms with Gasteiger partial charge in [0.2, 0.25) is 5.78 Å². The molecular formula is C26H24ClNO8. The largest absolute Gasteiger partial charge is 0.504 e. The molecule has 3 aromatic rings. The van der Waals surface area contributed by atoms with E-state index in [1.165, 1.54) is 37.3 Å². The van der Waals surface area contributed by atoms with Crippen LogP contribution in [0.2, 0.25) is 5.02 Å². The third-order valence-electron chi connectivity index (χ3n) is 6.48. The Balaban J connectivity index is 1.60. The van der Waals surface area contributed by atoms with Gasteiger partial charge in [0.05, 0.1) is 31.9 Å². The van der Waals surface area contributed by atoms with Gasteiger partial charge in [0.1, 0.15) is 0 Å². The Morgan fingerprint density at radius 2 is 1.92 bits per heavy atom. The number of aromatic hydroxyl groups is 1. The third-order valence-corrected chi connectivity index (χ3v) is 6.70. The average molecular weight is 514 g/mol. The molecule has 0 aliphatic carbocycles. The quantitative estimate of drug-likeness (QED) is 0.441. The summed E-state index contributed by atoms with van der Waals surface area (Å²) >= 11 is 6.15. The molecular weight excluding hydrogens is 490 g/mol. The number of fused-ring (bicyclic) bond motifs is 1. The maximum absolute atomic E-state index is 13.7. The fourth-order valence-electron chi connectivity index (χ4n) is 4.79. The van der Waals surface area contributed by atoms with Gasteiger partial charge >= 0.3 is 0 Å². The fourth-order valence-corrected chi connectivity index (χ4v) is 5.00. The number of furan rings is 1. The second-order valence-electron chi connectivity index (χ2n) is 8.65. The number of halogens is 1. The van der Waals surface area contributed by atoms with E-state index in [-0.39, 0.29) is 35.5 Å². The van der Waals surface area contributed by atoms with Gasteiger partial charge in [0, 0.05) is 29.6 Å². The Bertz CT molecular complexity index is 1390. The summed E-state index contributed by atoms with van der Waals surface area (Å²) < 4.78 is 22.0. The highest BCUT2D eigenvalue weighted by Crippen LogP contribution is 2.43. The minimum Gasteiger partial charge on any atom is -0.504 e. The van der Waals surface area contributed by atoms with E-state index in [1.807, 2.05) is 0 Å². The van der Waals surface area contributed by atoms with Gasteiger partial charge in [-0.2, -0.15) is 0 Å². The van der Waals surface area contributed by atoms with Gasteiger partial charge in [0.15, 0.2) is 34.4 Å². The van der Waals surface area contributed by atoms with Crippen molar-refractivity contribution in [3.05, 3.63) is 64.1 Å². The van der Waals surface area contributed by atoms with Crippen LogP contribution in [0.3, 0.4) is 0 Å². The molecule has 1 amide bonds. The molecule has 0 bridgehead atoms. The first-order chi connectivity index (χ1) is 17.3. The Hall–Kier alpha value is -3.69. The Morgan fingerprint density at radius 3 is 2.58 bits per heavy atom. The lowest BCUT2D eigenvalue weighted by atomic mass is 9.94. The number of hydrogen-bond donors (Lipinski definition) is 2. The van der Waals surface area contributed by atoms with Crippen molar-refractivity contribution >= 4 is 34.3 Å². The van der Waals surface area contributed by atoms with Gasteiger partial charge in [-0.05, 0) is 42.7 Å². The van der Waals surface area contributed by atoms with Crippen LogP contribution in [0, 0.1) is 0 Å². The third kappa shape index (κ3) is 4.04. The lowest BCUT2D eigenvalue weighted by Crippen LogP contribution is -2.37. The first-order valence-corrected chi connectivity index (χ1v) is 11.7. The number of rotatable bonds is 7. The van der Waals surface area contributed by atoms with Crippen molar-refractivity contribution in [1.29, 1.82) is 0 Å². The first kappa shape index (κ1) is 24.0. The highest BCUT2D eigenvalue weighted by Gasteiger charge is 2.45. The molecule has 2 N–H and O–H groups in total. The number of amides is 1. The lowest BCUT2D eigenvalue weighted by Gasteiger charge is -2.29. The number of phenolic OH excluding ortho intramolecular Hbond substituents is 1. The molecule has 0 spiro atoms. The van der Waals surface area contributed by atoms with Crippen molar-refractivity contribution in [2.24, 2.45) is 0 Å². The zero-order chi connectivity index (χ0) is 25.6. The minimum atomic E-state index is -0.982. The van der Waals surface area contributed by atoms with Crippen LogP contribution in [0.25, 0.3) is 11.0 Å². The molecule has 1 saturated heterocycles. The van der Waals surface area contributed by atoms with E-state index in [0.717, 1.165) is 12.8 Å². The van der Waals surface area contributed by atoms with E-state index < -0.39 is 23.5 Å². The van der Waals surface area contributed by atoms with Crippen LogP contribution in [-0.4, -0.2) is 60.3 Å². The standard InChI is InChI=1S/C26H24ClNO8/c1-33-18-6-5-13(9-17(18)29)22-21(24(31)26(32)28(22)12-16-4-3-7-35-16)23(30)19-10-14-8-15(27)11-20(34-2)25(14)36-19/h5-6,8-11,16,22,29,31H,3-4,7,12H2,1-2H3. The topological polar surface area (TPSA) is 119 Å². The summed E-state index contributed by atoms with van der Waals surface area (Å²) in [5, 5.41) is 22.2. The first-order valence-electron chi connectivity index (χ1n) is 11.4. The van der Waals surface area contributed by atoms with Crippen LogP contribution >= 0.6 is 11.6 Å². The number of benzene rings is 2. The number of carbonyl (C=O) groups excluding carboxylic acids is 2. The number of aliphatic hydroxyl groups is 1. The van der Waals surface area contributed by atoms with Crippen LogP contribution in [0.1, 0.15) is 35.0 Å². The second-order valence-corrected chi connectivity index (χ2v) is 9.09. The smallest absolute Gasteiger partial charge is 0.290 e. The molecule has 2 aliphatic rings. The second kappa shape index (κ2) is 9.40. The normalized spacial score (nSPS) is 20.0. The average Bonchev–Trinajstić information content (AvgIpc) is 3.58. The molecule has 36 heavy (non-hydrogen) atoms. The summed E-state index contributed by atoms with van der Waals surface area (Å²) in [6, 6.07) is 8.26. The number of nitrogens with zero attached hydrogens (tertiary/aromatic N) is 1. The molecule has 2 aliphatic heterocycles. The molecule has 188 valence electrons. The zero-order valence-corrected chi connectivity index (χ0v) is 20.4. The number of methoxy groups -OCH3 is 2. The predicted octanol–water partition coefficient (Wildman–Crippen LogP) is 4.57. The Morgan fingerprint density at radius 1 is 1.14 bits per heavy atom. The summed E-state index contributed by atoms with van der Waals surface area (Å²) in [7, 11) is 2.87. The van der Waals surface area contributed by atoms with Crippen LogP contribution in [-0.2, 0) is 9.53 Å². The zero-order valence-electron chi connectivity index (χ0n) is 19.6. The minimum absolute atomic E-state index is 0.0957. The Labute approximate surface area is 211 Å². The van der Waals surface area contributed by atoms with Crippen LogP contribution in [0.4, 0.5) is 0 Å². The van der Waals surface area contributed by atoms with E-state index >= 15 is 0 Å². The molecule has 1 aromatic heterocycles. The number of ether oxygens (including phenoxy) is 3. The van der Waals surface area contributed by atoms with E-state index in [9.17, 15) is 19.8 Å². The highest BCUT2D eigenvalue weighted by molar-refractivity contribution is 6.31. The molecule has 1 fully saturated rings. The fraction of sp³-hybridized carbons (Fsp3) is 0.308. The van der Waals surface area contributed by atoms with Crippen LogP contribution < -0.4 is 9.47 Å². The predicted molar refractivity (Wildman–Crippen MR) is 130 cm³/mol. The number of hydrogen-bond acceptors (Lipinski definition) is 8. The van der Waals surface area contributed by atoms with Crippen molar-refractivity contribution in [2.75, 3.05) is 27.4 Å². The number of phenols is 1. The van der Waals surface area contributed by atoms with Gasteiger partial charge in [-0.1, -0.05) is 17.7 Å². The van der Waals surface area contributed by atoms with Crippen molar-refractivity contribution in [3.63, 3.8) is 0 Å². The number of carbonyl (C=O) groups is 2. The monoisotopic (exact) mass is 513 g/mol. The summed E-state index contributed by atoms with van der Waals surface area (Å²) in [5.74, 6) is -1.74. The summed E-state index contributed by atoms with van der Waals surface area (Å²) in [6.45, 7) is 0.746. The molecule has 2 aromatic carbocycles. The maximum atomic E-state index is 13.7. The van der Waals surface area contributed by atoms with E-state index in [2.05, 4.69) is 0 Å². The SMILES string of the molecule is COc1ccc(C2C(C(=O)c3cc4cc(Cl)cc(OC)c4o3)=C(O)C(=O)N2CC2CCCO2)cc1O. The molecule has 10 heteroatoms. The molecule has 2 unspecified atom stereocenters. The molecule has 5 rings (SSSR count). The molecule has 0 saturated carbocycles. The summed E-state index contributed by atoms with van der Waals surface area (Å²) in [4.78, 5) is 28.3. The van der Waals surface area contributed by atoms with E-state index in [4.69, 9.17) is 30.2 Å². The van der Waals surface area contributed by atoms with E-state index in [1.54, 1.807) is 18.2 Å². The van der Waals surface area contributed by atoms with Gasteiger partial charge in [-0.3, -0.25) is 9.59 Å². The molecule has 0 radical (unpaired) electrons. The summed E-state index contributed by atoms with van der Waals surface area (Å²) in [5.41, 5.74) is 0.569. The van der Waals surface area contributed by atoms with Crippen molar-refractivity contribution in [2.45, 2.75) is 25.0 Å². The molecule has 2 atom stereocenters. The van der Waals surface area contributed by atoms with Gasteiger partial charge in [-0.15, -0.1) is 0 Å².